The van der Waals surface area contributed by atoms with Gasteiger partial charge in [0.15, 0.2) is 5.82 Å². The number of hydrogen-bond donors (Lipinski definition) is 1. The molecule has 0 amide bonds. The molecule has 0 aliphatic heterocycles. The van der Waals surface area contributed by atoms with Crippen LogP contribution < -0.4 is 10.1 Å². The summed E-state index contributed by atoms with van der Waals surface area (Å²) >= 11 is 0. The van der Waals surface area contributed by atoms with E-state index in [0.717, 1.165) is 35.8 Å². The van der Waals surface area contributed by atoms with Gasteiger partial charge in [0.2, 0.25) is 0 Å². The van der Waals surface area contributed by atoms with E-state index in [1.165, 1.54) is 5.56 Å². The number of methoxy groups -OCH3 is 1. The van der Waals surface area contributed by atoms with Crippen LogP contribution >= 0.6 is 0 Å². The summed E-state index contributed by atoms with van der Waals surface area (Å²) < 4.78 is 5.42. The van der Waals surface area contributed by atoms with E-state index in [-0.39, 0.29) is 0 Å². The smallest absolute Gasteiger partial charge is 0.152 e. The van der Waals surface area contributed by atoms with Gasteiger partial charge in [0.25, 0.3) is 0 Å². The van der Waals surface area contributed by atoms with Crippen LogP contribution in [0.25, 0.3) is 11.3 Å². The molecule has 19 heavy (non-hydrogen) atoms. The first-order valence-electron chi connectivity index (χ1n) is 6.46. The first-order valence-corrected chi connectivity index (χ1v) is 6.46. The van der Waals surface area contributed by atoms with Gasteiger partial charge in [0.1, 0.15) is 11.4 Å². The molecule has 0 bridgehead atoms. The Balaban J connectivity index is 2.48. The fraction of sp³-hybridized carbons (Fsp3) is 0.333. The average molecular weight is 257 g/mol. The molecular weight excluding hydrogens is 238 g/mol. The molecule has 0 aliphatic carbocycles. The summed E-state index contributed by atoms with van der Waals surface area (Å²) in [5.41, 5.74) is 2.97. The Labute approximate surface area is 113 Å². The maximum atomic E-state index is 5.42. The monoisotopic (exact) mass is 257 g/mol. The second-order valence-corrected chi connectivity index (χ2v) is 4.38. The van der Waals surface area contributed by atoms with Gasteiger partial charge in [-0.15, -0.1) is 0 Å². The lowest BCUT2D eigenvalue weighted by atomic mass is 10.1. The van der Waals surface area contributed by atoms with Crippen molar-refractivity contribution >= 4 is 5.82 Å². The predicted octanol–water partition coefficient (Wildman–Crippen LogP) is 3.28. The summed E-state index contributed by atoms with van der Waals surface area (Å²) in [5, 5.41) is 3.30. The van der Waals surface area contributed by atoms with Crippen molar-refractivity contribution in [1.82, 2.24) is 9.97 Å². The zero-order chi connectivity index (χ0) is 13.7. The molecule has 100 valence electrons. The fourth-order valence-electron chi connectivity index (χ4n) is 1.91. The second kappa shape index (κ2) is 6.18. The Morgan fingerprint density at radius 1 is 1.21 bits per heavy atom. The van der Waals surface area contributed by atoms with E-state index in [1.807, 2.05) is 12.1 Å². The highest BCUT2D eigenvalue weighted by atomic mass is 16.5. The maximum Gasteiger partial charge on any atom is 0.152 e. The molecule has 1 heterocycles. The molecule has 0 atom stereocenters. The molecule has 0 unspecified atom stereocenters. The van der Waals surface area contributed by atoms with Crippen LogP contribution in [0.5, 0.6) is 5.75 Å². The lowest BCUT2D eigenvalue weighted by molar-refractivity contribution is 0.416. The number of anilines is 1. The molecule has 1 N–H and O–H groups in total. The van der Waals surface area contributed by atoms with E-state index in [4.69, 9.17) is 4.74 Å². The molecule has 1 aromatic carbocycles. The molecular formula is C15H19N3O. The summed E-state index contributed by atoms with van der Waals surface area (Å²) in [5.74, 6) is 1.61. The Bertz CT molecular complexity index is 555. The van der Waals surface area contributed by atoms with E-state index in [1.54, 1.807) is 19.5 Å². The van der Waals surface area contributed by atoms with Crippen molar-refractivity contribution < 1.29 is 4.74 Å². The van der Waals surface area contributed by atoms with Crippen molar-refractivity contribution in [2.45, 2.75) is 20.3 Å². The van der Waals surface area contributed by atoms with Crippen LogP contribution in [0.4, 0.5) is 5.82 Å². The topological polar surface area (TPSA) is 47.0 Å². The summed E-state index contributed by atoms with van der Waals surface area (Å²) in [6, 6.07) is 6.06. The van der Waals surface area contributed by atoms with Crippen molar-refractivity contribution in [3.05, 3.63) is 36.2 Å². The highest BCUT2D eigenvalue weighted by Crippen LogP contribution is 2.32. The van der Waals surface area contributed by atoms with Crippen LogP contribution in [0.3, 0.4) is 0 Å². The third kappa shape index (κ3) is 3.02. The lowest BCUT2D eigenvalue weighted by Gasteiger charge is -2.12. The molecule has 0 fully saturated rings. The number of aryl methyl sites for hydroxylation is 1. The SMILES string of the molecule is CCCNc1nccnc1-c1cc(C)ccc1OC. The fourth-order valence-corrected chi connectivity index (χ4v) is 1.91. The number of ether oxygens (including phenoxy) is 1. The molecule has 4 nitrogen and oxygen atoms in total. The predicted molar refractivity (Wildman–Crippen MR) is 77.5 cm³/mol. The highest BCUT2D eigenvalue weighted by Gasteiger charge is 2.12. The largest absolute Gasteiger partial charge is 0.496 e. The molecule has 2 aromatic rings. The van der Waals surface area contributed by atoms with Crippen molar-refractivity contribution in [2.75, 3.05) is 19.0 Å². The molecule has 2 rings (SSSR count). The van der Waals surface area contributed by atoms with Crippen LogP contribution in [-0.2, 0) is 0 Å². The summed E-state index contributed by atoms with van der Waals surface area (Å²) in [7, 11) is 1.67. The van der Waals surface area contributed by atoms with E-state index in [0.29, 0.717) is 0 Å². The summed E-state index contributed by atoms with van der Waals surface area (Å²) in [6.45, 7) is 5.05. The van der Waals surface area contributed by atoms with E-state index < -0.39 is 0 Å². The van der Waals surface area contributed by atoms with Crippen LogP contribution in [0.2, 0.25) is 0 Å². The minimum Gasteiger partial charge on any atom is -0.496 e. The van der Waals surface area contributed by atoms with E-state index in [2.05, 4.69) is 35.2 Å². The van der Waals surface area contributed by atoms with Gasteiger partial charge in [-0.2, -0.15) is 0 Å². The van der Waals surface area contributed by atoms with Crippen LogP contribution in [0.15, 0.2) is 30.6 Å². The van der Waals surface area contributed by atoms with Crippen molar-refractivity contribution in [2.24, 2.45) is 0 Å². The van der Waals surface area contributed by atoms with Crippen molar-refractivity contribution in [3.8, 4) is 17.0 Å². The molecule has 1 aromatic heterocycles. The summed E-state index contributed by atoms with van der Waals surface area (Å²) in [4.78, 5) is 8.82. The van der Waals surface area contributed by atoms with Crippen molar-refractivity contribution in [3.63, 3.8) is 0 Å². The van der Waals surface area contributed by atoms with Gasteiger partial charge in [0.05, 0.1) is 7.11 Å². The molecule has 0 saturated carbocycles. The zero-order valence-electron chi connectivity index (χ0n) is 11.6. The Morgan fingerprint density at radius 2 is 2.00 bits per heavy atom. The van der Waals surface area contributed by atoms with E-state index in [9.17, 15) is 0 Å². The molecule has 0 spiro atoms. The van der Waals surface area contributed by atoms with Gasteiger partial charge in [0, 0.05) is 24.5 Å². The van der Waals surface area contributed by atoms with Crippen LogP contribution in [0.1, 0.15) is 18.9 Å². The van der Waals surface area contributed by atoms with Gasteiger partial charge in [-0.25, -0.2) is 4.98 Å². The van der Waals surface area contributed by atoms with Gasteiger partial charge in [-0.3, -0.25) is 4.98 Å². The normalized spacial score (nSPS) is 10.3. The second-order valence-electron chi connectivity index (χ2n) is 4.38. The van der Waals surface area contributed by atoms with Gasteiger partial charge in [-0.1, -0.05) is 18.6 Å². The molecule has 0 aliphatic rings. The minimum atomic E-state index is 0.799. The van der Waals surface area contributed by atoms with Crippen molar-refractivity contribution in [1.29, 1.82) is 0 Å². The zero-order valence-corrected chi connectivity index (χ0v) is 11.6. The molecule has 0 saturated heterocycles. The number of rotatable bonds is 5. The summed E-state index contributed by atoms with van der Waals surface area (Å²) in [6.07, 6.45) is 4.44. The number of hydrogen-bond acceptors (Lipinski definition) is 4. The van der Waals surface area contributed by atoms with Crippen LogP contribution in [0, 0.1) is 6.92 Å². The molecule has 0 radical (unpaired) electrons. The van der Waals surface area contributed by atoms with Gasteiger partial charge >= 0.3 is 0 Å². The number of nitrogens with zero attached hydrogens (tertiary/aromatic N) is 2. The highest BCUT2D eigenvalue weighted by molar-refractivity contribution is 5.76. The Kier molecular flexibility index (Phi) is 4.34. The van der Waals surface area contributed by atoms with E-state index >= 15 is 0 Å². The Hall–Kier alpha value is -2.10. The number of benzene rings is 1. The quantitative estimate of drug-likeness (QED) is 0.893. The number of nitrogens with one attached hydrogen (secondary N) is 1. The first-order chi connectivity index (χ1) is 9.26. The average Bonchev–Trinajstić information content (AvgIpc) is 2.45. The van der Waals surface area contributed by atoms with Gasteiger partial charge in [-0.05, 0) is 25.5 Å². The third-order valence-electron chi connectivity index (χ3n) is 2.85. The van der Waals surface area contributed by atoms with Crippen LogP contribution in [-0.4, -0.2) is 23.6 Å². The Morgan fingerprint density at radius 3 is 2.74 bits per heavy atom. The number of aromatic nitrogens is 2. The van der Waals surface area contributed by atoms with Gasteiger partial charge < -0.3 is 10.1 Å². The third-order valence-corrected chi connectivity index (χ3v) is 2.85. The first kappa shape index (κ1) is 13.3. The maximum absolute atomic E-state index is 5.42. The molecule has 4 heteroatoms. The lowest BCUT2D eigenvalue weighted by Crippen LogP contribution is -2.05. The minimum absolute atomic E-state index is 0.799. The standard InChI is InChI=1S/C15H19N3O/c1-4-7-17-15-14(16-8-9-18-15)12-10-11(2)5-6-13(12)19-3/h5-6,8-10H,4,7H2,1-3H3,(H,17,18).